The third kappa shape index (κ3) is 1.84. The molecular formula is C8H7BN2. The minimum atomic E-state index is 0. The summed E-state index contributed by atoms with van der Waals surface area (Å²) in [5.74, 6) is 0. The smallest absolute Gasteiger partial charge is 0.101 e. The van der Waals surface area contributed by atoms with Crippen molar-refractivity contribution in [2.45, 2.75) is 0 Å². The van der Waals surface area contributed by atoms with Crippen molar-refractivity contribution in [3.8, 4) is 12.1 Å². The van der Waals surface area contributed by atoms with Crippen molar-refractivity contribution in [2.24, 2.45) is 0 Å². The molecule has 0 aliphatic heterocycles. The molecule has 0 unspecified atom stereocenters. The largest absolute Gasteiger partial charge is 0.192 e. The monoisotopic (exact) mass is 142 g/mol. The van der Waals surface area contributed by atoms with Gasteiger partial charge in [0, 0.05) is 0 Å². The average Bonchev–Trinajstić information content (AvgIpc) is 2.04. The molecule has 0 amide bonds. The molecule has 0 bridgehead atoms. The van der Waals surface area contributed by atoms with Crippen LogP contribution in [0.1, 0.15) is 11.1 Å². The lowest BCUT2D eigenvalue weighted by Crippen LogP contribution is -1.79. The van der Waals surface area contributed by atoms with Gasteiger partial charge in [-0.2, -0.15) is 10.5 Å². The fourth-order valence-electron chi connectivity index (χ4n) is 0.678. The molecule has 0 fully saturated rings. The van der Waals surface area contributed by atoms with E-state index in [2.05, 4.69) is 0 Å². The van der Waals surface area contributed by atoms with Crippen LogP contribution in [0.3, 0.4) is 0 Å². The maximum absolute atomic E-state index is 8.45. The summed E-state index contributed by atoms with van der Waals surface area (Å²) in [5, 5.41) is 16.9. The number of hydrogen-bond donors (Lipinski definition) is 0. The molecule has 52 valence electrons. The van der Waals surface area contributed by atoms with E-state index in [1.807, 2.05) is 12.1 Å². The first-order valence-electron chi connectivity index (χ1n) is 2.77. The second kappa shape index (κ2) is 4.14. The van der Waals surface area contributed by atoms with Crippen molar-refractivity contribution in [3.63, 3.8) is 0 Å². The zero-order chi connectivity index (χ0) is 7.40. The van der Waals surface area contributed by atoms with Crippen LogP contribution < -0.4 is 0 Å². The number of rotatable bonds is 0. The zero-order valence-corrected chi connectivity index (χ0v) is 5.20. The Morgan fingerprint density at radius 1 is 0.909 bits per heavy atom. The van der Waals surface area contributed by atoms with E-state index in [1.54, 1.807) is 24.3 Å². The van der Waals surface area contributed by atoms with Gasteiger partial charge < -0.3 is 0 Å². The molecular weight excluding hydrogens is 135 g/mol. The molecule has 11 heavy (non-hydrogen) atoms. The zero-order valence-electron chi connectivity index (χ0n) is 5.20. The second-order valence-corrected chi connectivity index (χ2v) is 1.77. The van der Waals surface area contributed by atoms with Gasteiger partial charge in [0.1, 0.15) is 12.1 Å². The molecule has 2 nitrogen and oxygen atoms in total. The number of nitriles is 2. The Hall–Kier alpha value is -1.74. The highest BCUT2D eigenvalue weighted by Gasteiger charge is 1.95. The maximum Gasteiger partial charge on any atom is 0.101 e. The molecule has 0 saturated carbocycles. The second-order valence-electron chi connectivity index (χ2n) is 1.77. The van der Waals surface area contributed by atoms with Crippen molar-refractivity contribution in [1.29, 1.82) is 10.5 Å². The maximum atomic E-state index is 8.45. The lowest BCUT2D eigenvalue weighted by molar-refractivity contribution is 1.43. The molecule has 1 aromatic carbocycles. The van der Waals surface area contributed by atoms with E-state index in [0.717, 1.165) is 0 Å². The minimum absolute atomic E-state index is 0. The van der Waals surface area contributed by atoms with Gasteiger partial charge in [0.15, 0.2) is 0 Å². The van der Waals surface area contributed by atoms with E-state index in [-0.39, 0.29) is 8.41 Å². The van der Waals surface area contributed by atoms with Gasteiger partial charge in [-0.1, -0.05) is 12.1 Å². The number of nitrogens with zero attached hydrogens (tertiary/aromatic N) is 2. The summed E-state index contributed by atoms with van der Waals surface area (Å²) < 4.78 is 0. The summed E-state index contributed by atoms with van der Waals surface area (Å²) in [6, 6.07) is 10.6. The molecule has 0 aliphatic carbocycles. The van der Waals surface area contributed by atoms with Crippen LogP contribution in [-0.2, 0) is 0 Å². The summed E-state index contributed by atoms with van der Waals surface area (Å²) in [6.45, 7) is 0. The molecule has 0 aliphatic rings. The van der Waals surface area contributed by atoms with E-state index in [1.165, 1.54) is 0 Å². The van der Waals surface area contributed by atoms with E-state index < -0.39 is 0 Å². The van der Waals surface area contributed by atoms with Gasteiger partial charge in [-0.05, 0) is 12.1 Å². The first-order chi connectivity index (χ1) is 4.88. The fraction of sp³-hybridized carbons (Fsp3) is 0. The van der Waals surface area contributed by atoms with Crippen molar-refractivity contribution in [2.75, 3.05) is 0 Å². The van der Waals surface area contributed by atoms with Gasteiger partial charge in [-0.3, -0.25) is 0 Å². The Morgan fingerprint density at radius 3 is 1.55 bits per heavy atom. The summed E-state index contributed by atoms with van der Waals surface area (Å²) in [4.78, 5) is 0. The van der Waals surface area contributed by atoms with Crippen LogP contribution in [0.15, 0.2) is 24.3 Å². The van der Waals surface area contributed by atoms with Gasteiger partial charge in [0.25, 0.3) is 0 Å². The normalized spacial score (nSPS) is 7.09. The molecule has 0 N–H and O–H groups in total. The number of hydrogen-bond acceptors (Lipinski definition) is 2. The van der Waals surface area contributed by atoms with Gasteiger partial charge in [-0.25, -0.2) is 0 Å². The topological polar surface area (TPSA) is 47.6 Å². The van der Waals surface area contributed by atoms with E-state index >= 15 is 0 Å². The molecule has 0 saturated heterocycles. The Morgan fingerprint density at radius 2 is 1.27 bits per heavy atom. The third-order valence-corrected chi connectivity index (χ3v) is 1.17. The summed E-state index contributed by atoms with van der Waals surface area (Å²) in [7, 11) is 0. The van der Waals surface area contributed by atoms with Crippen LogP contribution in [0.4, 0.5) is 0 Å². The first kappa shape index (κ1) is 9.26. The van der Waals surface area contributed by atoms with Gasteiger partial charge in [0.05, 0.1) is 19.5 Å². The highest BCUT2D eigenvalue weighted by Crippen LogP contribution is 2.03. The van der Waals surface area contributed by atoms with Gasteiger partial charge in [0.2, 0.25) is 0 Å². The highest BCUT2D eigenvalue weighted by atomic mass is 14.3. The number of benzene rings is 1. The summed E-state index contributed by atoms with van der Waals surface area (Å²) in [6.07, 6.45) is 0. The van der Waals surface area contributed by atoms with Crippen molar-refractivity contribution in [3.05, 3.63) is 35.4 Å². The van der Waals surface area contributed by atoms with Crippen LogP contribution in [0.5, 0.6) is 0 Å². The molecule has 0 radical (unpaired) electrons. The minimum Gasteiger partial charge on any atom is -0.192 e. The van der Waals surface area contributed by atoms with Crippen LogP contribution in [-0.4, -0.2) is 8.41 Å². The van der Waals surface area contributed by atoms with Crippen molar-refractivity contribution < 1.29 is 0 Å². The van der Waals surface area contributed by atoms with Crippen LogP contribution in [0, 0.1) is 22.7 Å². The lowest BCUT2D eigenvalue weighted by Gasteiger charge is -1.88. The first-order valence-corrected chi connectivity index (χ1v) is 2.77. The molecule has 0 spiro atoms. The molecule has 1 rings (SSSR count). The highest BCUT2D eigenvalue weighted by molar-refractivity contribution is 5.75. The van der Waals surface area contributed by atoms with Crippen molar-refractivity contribution in [1.82, 2.24) is 0 Å². The van der Waals surface area contributed by atoms with Crippen LogP contribution >= 0.6 is 0 Å². The lowest BCUT2D eigenvalue weighted by atomic mass is 10.1. The van der Waals surface area contributed by atoms with Crippen LogP contribution in [0.25, 0.3) is 0 Å². The molecule has 0 heterocycles. The molecule has 0 aromatic heterocycles. The molecule has 0 atom stereocenters. The molecule has 1 aromatic rings. The Balaban J connectivity index is 0.000001000. The SMILES string of the molecule is B.N#Cc1ccccc1C#N. The third-order valence-electron chi connectivity index (χ3n) is 1.17. The van der Waals surface area contributed by atoms with E-state index in [9.17, 15) is 0 Å². The van der Waals surface area contributed by atoms with E-state index in [0.29, 0.717) is 11.1 Å². The Kier molecular flexibility index (Phi) is 3.49. The van der Waals surface area contributed by atoms with Gasteiger partial charge in [-0.15, -0.1) is 0 Å². The van der Waals surface area contributed by atoms with Crippen LogP contribution in [0.2, 0.25) is 0 Å². The fourth-order valence-corrected chi connectivity index (χ4v) is 0.678. The van der Waals surface area contributed by atoms with E-state index in [4.69, 9.17) is 10.5 Å². The standard InChI is InChI=1S/C8H4N2.BH3/c9-5-7-3-1-2-4-8(7)6-10;/h1-4H;1H3. The summed E-state index contributed by atoms with van der Waals surface area (Å²) >= 11 is 0. The van der Waals surface area contributed by atoms with Crippen molar-refractivity contribution >= 4 is 8.41 Å². The Labute approximate surface area is 67.3 Å². The average molecular weight is 142 g/mol. The molecule has 3 heteroatoms. The predicted molar refractivity (Wildman–Crippen MR) is 45.8 cm³/mol. The predicted octanol–water partition coefficient (Wildman–Crippen LogP) is 0.246. The summed E-state index contributed by atoms with van der Waals surface area (Å²) in [5.41, 5.74) is 0.870. The van der Waals surface area contributed by atoms with Gasteiger partial charge >= 0.3 is 0 Å². The Bertz CT molecular complexity index is 287. The quantitative estimate of drug-likeness (QED) is 0.487.